The summed E-state index contributed by atoms with van der Waals surface area (Å²) in [5, 5.41) is 4.21. The first-order valence-corrected chi connectivity index (χ1v) is 10.4. The maximum absolute atomic E-state index is 13.1. The van der Waals surface area contributed by atoms with Crippen molar-refractivity contribution < 1.29 is 4.79 Å². The van der Waals surface area contributed by atoms with Gasteiger partial charge in [0.05, 0.1) is 0 Å². The summed E-state index contributed by atoms with van der Waals surface area (Å²) < 4.78 is 0. The summed E-state index contributed by atoms with van der Waals surface area (Å²) in [6, 6.07) is 9.48. The molecule has 0 bridgehead atoms. The van der Waals surface area contributed by atoms with Crippen molar-refractivity contribution in [1.82, 2.24) is 4.90 Å². The average molecular weight is 363 g/mol. The molecule has 131 valence electrons. The van der Waals surface area contributed by atoms with Crippen LogP contribution in [0.5, 0.6) is 0 Å². The Morgan fingerprint density at radius 2 is 1.58 bits per heavy atom. The summed E-state index contributed by atoms with van der Waals surface area (Å²) in [6.07, 6.45) is 3.03. The van der Waals surface area contributed by atoms with Crippen LogP contribution in [-0.4, -0.2) is 10.7 Å². The molecule has 2 rings (SSSR count). The van der Waals surface area contributed by atoms with Crippen molar-refractivity contribution in [3.63, 3.8) is 0 Å². The molecular formula is C20H28NOS2. The minimum absolute atomic E-state index is 0.282. The van der Waals surface area contributed by atoms with Gasteiger partial charge >= 0.3 is 0 Å². The number of Topliss-reactive ketones (excluding diaryl/α,β-unsaturated/α-hetero) is 1. The summed E-state index contributed by atoms with van der Waals surface area (Å²) in [7, 11) is 0. The van der Waals surface area contributed by atoms with Crippen LogP contribution in [0.2, 0.25) is 0 Å². The Bertz CT molecular complexity index is 560. The Morgan fingerprint density at radius 1 is 1.04 bits per heavy atom. The third-order valence-corrected chi connectivity index (χ3v) is 5.67. The van der Waals surface area contributed by atoms with Crippen molar-refractivity contribution in [3.8, 4) is 0 Å². The van der Waals surface area contributed by atoms with E-state index in [-0.39, 0.29) is 11.2 Å². The number of hydrogen-bond acceptors (Lipinski definition) is 4. The maximum Gasteiger partial charge on any atom is 0.160 e. The van der Waals surface area contributed by atoms with E-state index >= 15 is 0 Å². The molecule has 4 heteroatoms. The van der Waals surface area contributed by atoms with E-state index in [0.29, 0.717) is 0 Å². The number of thiophene rings is 2. The van der Waals surface area contributed by atoms with Gasteiger partial charge in [-0.2, -0.15) is 0 Å². The first-order valence-electron chi connectivity index (χ1n) is 8.62. The quantitative estimate of drug-likeness (QED) is 0.533. The van der Waals surface area contributed by atoms with Gasteiger partial charge in [-0.05, 0) is 29.3 Å². The largest absolute Gasteiger partial charge is 0.297 e. The molecule has 2 aromatic rings. The molecule has 24 heavy (non-hydrogen) atoms. The van der Waals surface area contributed by atoms with Gasteiger partial charge in [0.2, 0.25) is 0 Å². The molecular weight excluding hydrogens is 334 g/mol. The van der Waals surface area contributed by atoms with E-state index < -0.39 is 0 Å². The van der Waals surface area contributed by atoms with Gasteiger partial charge in [0.15, 0.2) is 5.78 Å². The molecule has 0 aliphatic heterocycles. The zero-order valence-electron chi connectivity index (χ0n) is 15.2. The van der Waals surface area contributed by atoms with Gasteiger partial charge in [0, 0.05) is 28.3 Å². The number of carbonyl (C=O) groups excluding carboxylic acids is 1. The molecule has 0 aliphatic carbocycles. The van der Waals surface area contributed by atoms with E-state index in [1.807, 2.05) is 20.8 Å². The van der Waals surface area contributed by atoms with Crippen molar-refractivity contribution in [2.45, 2.75) is 60.0 Å². The van der Waals surface area contributed by atoms with Crippen molar-refractivity contribution in [2.75, 3.05) is 0 Å². The third-order valence-electron chi connectivity index (χ3n) is 3.95. The summed E-state index contributed by atoms with van der Waals surface area (Å²) >= 11 is 3.52. The summed E-state index contributed by atoms with van der Waals surface area (Å²) in [5.74, 6) is 0.282. The van der Waals surface area contributed by atoms with Crippen LogP contribution in [0.3, 0.4) is 0 Å². The predicted molar refractivity (Wildman–Crippen MR) is 105 cm³/mol. The Morgan fingerprint density at radius 3 is 1.96 bits per heavy atom. The standard InChI is InChI=1S/C20H28NOS2/c1-5-6-11-18(19(22)20(2,3)4)21(14-16-9-7-12-23-16)15-17-10-8-13-24-17/h7-10,12-13H,5-6,11,14-15H2,1-4H3. The number of ketones is 1. The first kappa shape index (κ1) is 19.4. The van der Waals surface area contributed by atoms with Crippen LogP contribution >= 0.6 is 22.7 Å². The van der Waals surface area contributed by atoms with Crippen LogP contribution in [0.4, 0.5) is 0 Å². The lowest BCUT2D eigenvalue weighted by atomic mass is 9.84. The fourth-order valence-corrected chi connectivity index (χ4v) is 4.06. The number of hydrogen-bond donors (Lipinski definition) is 0. The Balaban J connectivity index is 2.25. The lowest BCUT2D eigenvalue weighted by Gasteiger charge is -2.33. The molecule has 0 saturated heterocycles. The van der Waals surface area contributed by atoms with Crippen molar-refractivity contribution in [2.24, 2.45) is 5.41 Å². The fraction of sp³-hybridized carbons (Fsp3) is 0.500. The molecule has 2 nitrogen and oxygen atoms in total. The van der Waals surface area contributed by atoms with Gasteiger partial charge in [-0.25, -0.2) is 0 Å². The molecule has 0 aromatic carbocycles. The summed E-state index contributed by atoms with van der Waals surface area (Å²) in [4.78, 5) is 18.0. The summed E-state index contributed by atoms with van der Waals surface area (Å²) in [5.41, 5.74) is -0.341. The highest BCUT2D eigenvalue weighted by atomic mass is 32.1. The lowest BCUT2D eigenvalue weighted by molar-refractivity contribution is -0.127. The van der Waals surface area contributed by atoms with E-state index in [1.54, 1.807) is 22.7 Å². The number of unbranched alkanes of at least 4 members (excludes halogenated alkanes) is 1. The highest BCUT2D eigenvalue weighted by molar-refractivity contribution is 7.10. The second-order valence-corrected chi connectivity index (χ2v) is 9.21. The van der Waals surface area contributed by atoms with E-state index in [1.165, 1.54) is 9.75 Å². The first-order chi connectivity index (χ1) is 11.4. The van der Waals surface area contributed by atoms with Gasteiger partial charge < -0.3 is 0 Å². The van der Waals surface area contributed by atoms with Gasteiger partial charge in [0.25, 0.3) is 0 Å². The molecule has 0 fully saturated rings. The minimum atomic E-state index is -0.341. The van der Waals surface area contributed by atoms with Crippen molar-refractivity contribution in [1.29, 1.82) is 0 Å². The lowest BCUT2D eigenvalue weighted by Crippen LogP contribution is -2.38. The molecule has 0 unspecified atom stereocenters. The Kier molecular flexibility index (Phi) is 7.20. The van der Waals surface area contributed by atoms with Gasteiger partial charge in [-0.3, -0.25) is 9.69 Å². The van der Waals surface area contributed by atoms with Crippen LogP contribution in [0.1, 0.15) is 56.7 Å². The van der Waals surface area contributed by atoms with E-state index in [0.717, 1.165) is 38.4 Å². The predicted octanol–water partition coefficient (Wildman–Crippen LogP) is 6.15. The van der Waals surface area contributed by atoms with E-state index in [2.05, 4.69) is 46.8 Å². The van der Waals surface area contributed by atoms with Gasteiger partial charge in [-0.1, -0.05) is 52.7 Å². The number of nitrogens with zero attached hydrogens (tertiary/aromatic N) is 1. The second kappa shape index (κ2) is 8.93. The Hall–Kier alpha value is -0.970. The SMILES string of the molecule is CCCC[C](C(=O)C(C)(C)C)N(Cc1cccs1)Cc1cccs1. The molecule has 0 spiro atoms. The van der Waals surface area contributed by atoms with Crippen LogP contribution in [-0.2, 0) is 17.9 Å². The van der Waals surface area contributed by atoms with Crippen LogP contribution in [0.15, 0.2) is 35.0 Å². The smallest absolute Gasteiger partial charge is 0.160 e. The molecule has 0 atom stereocenters. The van der Waals surface area contributed by atoms with Crippen LogP contribution in [0.25, 0.3) is 0 Å². The highest BCUT2D eigenvalue weighted by Crippen LogP contribution is 2.31. The average Bonchev–Trinajstić information content (AvgIpc) is 3.20. The van der Waals surface area contributed by atoms with E-state index in [4.69, 9.17) is 0 Å². The van der Waals surface area contributed by atoms with Gasteiger partial charge in [-0.15, -0.1) is 22.7 Å². The molecule has 0 saturated carbocycles. The molecule has 0 amide bonds. The minimum Gasteiger partial charge on any atom is -0.297 e. The number of carbonyl (C=O) groups is 1. The monoisotopic (exact) mass is 362 g/mol. The Labute approximate surface area is 154 Å². The topological polar surface area (TPSA) is 20.3 Å². The normalized spacial score (nSPS) is 12.2. The van der Waals surface area contributed by atoms with Crippen molar-refractivity contribution >= 4 is 28.5 Å². The van der Waals surface area contributed by atoms with Crippen LogP contribution in [0, 0.1) is 11.5 Å². The third kappa shape index (κ3) is 5.54. The second-order valence-electron chi connectivity index (χ2n) is 7.14. The number of rotatable bonds is 9. The fourth-order valence-electron chi connectivity index (χ4n) is 2.62. The summed E-state index contributed by atoms with van der Waals surface area (Å²) in [6.45, 7) is 9.89. The zero-order valence-corrected chi connectivity index (χ0v) is 16.8. The molecule has 0 aliphatic rings. The molecule has 2 aromatic heterocycles. The zero-order chi connectivity index (χ0) is 17.6. The molecule has 0 N–H and O–H groups in total. The van der Waals surface area contributed by atoms with Crippen molar-refractivity contribution in [3.05, 3.63) is 50.8 Å². The highest BCUT2D eigenvalue weighted by Gasteiger charge is 2.34. The maximum atomic E-state index is 13.1. The van der Waals surface area contributed by atoms with E-state index in [9.17, 15) is 4.79 Å². The molecule has 2 heterocycles. The molecule has 1 radical (unpaired) electrons. The van der Waals surface area contributed by atoms with Crippen LogP contribution < -0.4 is 0 Å². The van der Waals surface area contributed by atoms with Gasteiger partial charge in [0.1, 0.15) is 6.04 Å².